The second-order valence-electron chi connectivity index (χ2n) is 10.1. The van der Waals surface area contributed by atoms with Gasteiger partial charge in [0.25, 0.3) is 17.0 Å². The van der Waals surface area contributed by atoms with E-state index in [0.29, 0.717) is 61.3 Å². The Hall–Kier alpha value is -4.88. The standard InChI is InChI=1S/C11H13N3O2.C10H9BrN2O2.C8H10N2O2.C2H3BrO2.C2H7N.3C2H6/c1-13(2)7-10-12-9-6-4-3-5-8(9)11(15)14(10)16;1-15-13-9(6-11)12-8-5-3-2-4-7(8)10(13)14;1-12-10-8(11)6-4-2-3-5-7(6)9;3-1-2(4)5;1-3-2;3*1-2/h3-6,16H,7H2,1-2H3;2-5H,6H2,1H3;2-5H,9H2,1H3,(H,10,11);1H2,(H,4,5);3H,1-2H3;3*1-2H3. The number of alkyl halides is 2. The summed E-state index contributed by atoms with van der Waals surface area (Å²) in [5.74, 6) is -0.268. The van der Waals surface area contributed by atoms with Crippen LogP contribution in [0.25, 0.3) is 21.8 Å². The zero-order valence-electron chi connectivity index (χ0n) is 35.0. The van der Waals surface area contributed by atoms with Crippen LogP contribution in [0.4, 0.5) is 5.69 Å². The van der Waals surface area contributed by atoms with Crippen LogP contribution >= 0.6 is 31.9 Å². The number of halogens is 2. The Labute approximate surface area is 352 Å². The maximum atomic E-state index is 11.9. The van der Waals surface area contributed by atoms with Gasteiger partial charge in [0.1, 0.15) is 12.4 Å². The summed E-state index contributed by atoms with van der Waals surface area (Å²) in [4.78, 5) is 64.0. The number of fused-ring (bicyclic) bond motifs is 2. The maximum Gasteiger partial charge on any atom is 0.314 e. The first kappa shape index (κ1) is 56.5. The maximum absolute atomic E-state index is 11.9. The Morgan fingerprint density at radius 1 is 0.789 bits per heavy atom. The van der Waals surface area contributed by atoms with Crippen LogP contribution in [0.1, 0.15) is 63.5 Å². The van der Waals surface area contributed by atoms with Crippen molar-refractivity contribution < 1.29 is 29.6 Å². The van der Waals surface area contributed by atoms with Crippen LogP contribution in [-0.4, -0.2) is 94.3 Å². The largest absolute Gasteiger partial charge is 0.481 e. The number of amides is 1. The van der Waals surface area contributed by atoms with E-state index in [2.05, 4.69) is 57.5 Å². The van der Waals surface area contributed by atoms with Crippen molar-refractivity contribution in [1.82, 2.24) is 35.1 Å². The molecule has 0 aliphatic carbocycles. The third kappa shape index (κ3) is 20.7. The molecule has 57 heavy (non-hydrogen) atoms. The molecule has 0 aliphatic rings. The van der Waals surface area contributed by atoms with E-state index in [1.165, 1.54) is 19.0 Å². The lowest BCUT2D eigenvalue weighted by Gasteiger charge is -2.11. The van der Waals surface area contributed by atoms with Gasteiger partial charge in [0, 0.05) is 5.69 Å². The van der Waals surface area contributed by atoms with Gasteiger partial charge >= 0.3 is 5.97 Å². The lowest BCUT2D eigenvalue weighted by Crippen LogP contribution is -2.28. The summed E-state index contributed by atoms with van der Waals surface area (Å²) in [6.07, 6.45) is 0. The number of hydrogen-bond donors (Lipinski definition) is 5. The average molecular weight is 929 g/mol. The van der Waals surface area contributed by atoms with E-state index in [0.717, 1.165) is 0 Å². The van der Waals surface area contributed by atoms with Crippen LogP contribution in [0.5, 0.6) is 0 Å². The number of benzene rings is 3. The molecule has 3 aromatic carbocycles. The molecular formula is C39H60Br2N8O8. The second kappa shape index (κ2) is 34.4. The minimum atomic E-state index is -0.829. The number of nitrogens with two attached hydrogens (primary N) is 1. The Morgan fingerprint density at radius 2 is 1.21 bits per heavy atom. The molecule has 5 rings (SSSR count). The summed E-state index contributed by atoms with van der Waals surface area (Å²) in [5, 5.41) is 21.6. The van der Waals surface area contributed by atoms with Gasteiger partial charge in [0.2, 0.25) is 0 Å². The normalized spacial score (nSPS) is 9.18. The van der Waals surface area contributed by atoms with E-state index in [1.54, 1.807) is 54.6 Å². The molecule has 2 aromatic heterocycles. The number of nitrogen functional groups attached to an aromatic ring is 1. The Morgan fingerprint density at radius 3 is 1.61 bits per heavy atom. The molecule has 0 aliphatic heterocycles. The predicted molar refractivity (Wildman–Crippen MR) is 238 cm³/mol. The van der Waals surface area contributed by atoms with Crippen molar-refractivity contribution in [2.75, 3.05) is 53.5 Å². The van der Waals surface area contributed by atoms with Crippen LogP contribution in [0.3, 0.4) is 0 Å². The molecule has 318 valence electrons. The van der Waals surface area contributed by atoms with Gasteiger partial charge in [-0.1, -0.05) is 110 Å². The minimum Gasteiger partial charge on any atom is -0.481 e. The van der Waals surface area contributed by atoms with Crippen molar-refractivity contribution in [3.05, 3.63) is 111 Å². The average Bonchev–Trinajstić information content (AvgIpc) is 3.23. The van der Waals surface area contributed by atoms with Crippen LogP contribution in [-0.2, 0) is 21.5 Å². The van der Waals surface area contributed by atoms with Gasteiger partial charge in [-0.15, -0.1) is 9.46 Å². The number of nitrogens with zero attached hydrogens (tertiary/aromatic N) is 5. The highest BCUT2D eigenvalue weighted by Gasteiger charge is 2.11. The third-order valence-electron chi connectivity index (χ3n) is 5.90. The number of carbonyl (C=O) groups excluding carboxylic acids is 1. The fourth-order valence-electron chi connectivity index (χ4n) is 3.84. The van der Waals surface area contributed by atoms with Crippen molar-refractivity contribution in [2.45, 2.75) is 53.4 Å². The summed E-state index contributed by atoms with van der Waals surface area (Å²) in [7, 11) is 10.3. The van der Waals surface area contributed by atoms with Gasteiger partial charge in [-0.2, -0.15) is 0 Å². The summed E-state index contributed by atoms with van der Waals surface area (Å²) in [6.45, 7) is 12.4. The van der Waals surface area contributed by atoms with Crippen molar-refractivity contribution in [2.24, 2.45) is 0 Å². The van der Waals surface area contributed by atoms with Gasteiger partial charge in [0.15, 0.2) is 11.6 Å². The van der Waals surface area contributed by atoms with Crippen LogP contribution in [0.2, 0.25) is 0 Å². The lowest BCUT2D eigenvalue weighted by molar-refractivity contribution is -0.133. The number of rotatable bonds is 7. The highest BCUT2D eigenvalue weighted by atomic mass is 79.9. The smallest absolute Gasteiger partial charge is 0.314 e. The molecule has 0 fully saturated rings. The number of aliphatic carboxylic acids is 1. The molecule has 0 spiro atoms. The van der Waals surface area contributed by atoms with Crippen LogP contribution in [0.15, 0.2) is 82.4 Å². The van der Waals surface area contributed by atoms with Gasteiger partial charge < -0.3 is 31.1 Å². The van der Waals surface area contributed by atoms with Crippen molar-refractivity contribution in [3.8, 4) is 0 Å². The summed E-state index contributed by atoms with van der Waals surface area (Å²) in [6, 6.07) is 21.0. The molecule has 0 saturated carbocycles. The number of carboxylic acid groups (broad SMARTS) is 1. The van der Waals surface area contributed by atoms with Gasteiger partial charge in [-0.3, -0.25) is 24.0 Å². The molecule has 0 radical (unpaired) electrons. The fourth-order valence-corrected chi connectivity index (χ4v) is 4.19. The lowest BCUT2D eigenvalue weighted by atomic mass is 10.2. The highest BCUT2D eigenvalue weighted by Crippen LogP contribution is 2.10. The van der Waals surface area contributed by atoms with E-state index in [-0.39, 0.29) is 16.8 Å². The van der Waals surface area contributed by atoms with E-state index in [9.17, 15) is 24.4 Å². The fraction of sp³-hybridized carbons (Fsp3) is 0.385. The predicted octanol–water partition coefficient (Wildman–Crippen LogP) is 5.99. The third-order valence-corrected chi connectivity index (χ3v) is 6.88. The van der Waals surface area contributed by atoms with Gasteiger partial charge in [-0.05, 0) is 64.6 Å². The van der Waals surface area contributed by atoms with Crippen molar-refractivity contribution >= 4 is 71.2 Å². The van der Waals surface area contributed by atoms with E-state index in [4.69, 9.17) is 15.7 Å². The first-order valence-electron chi connectivity index (χ1n) is 17.8. The summed E-state index contributed by atoms with van der Waals surface area (Å²) in [5.41, 5.74) is 9.25. The number of hydrogen-bond acceptors (Lipinski definition) is 12. The van der Waals surface area contributed by atoms with Crippen LogP contribution < -0.4 is 32.5 Å². The topological polar surface area (TPSA) is 216 Å². The number of carboxylic acids is 1. The SMILES string of the molecule is CC.CC.CC.CN(C)Cc1nc2ccccc2c(=O)n1O.CNC.CONC(=O)c1ccccc1N.COn1c(CBr)nc2ccccc2c1=O.O=C(O)CBr. The van der Waals surface area contributed by atoms with Gasteiger partial charge in [-0.25, -0.2) is 15.4 Å². The number of anilines is 1. The monoisotopic (exact) mass is 926 g/mol. The van der Waals surface area contributed by atoms with E-state index < -0.39 is 11.5 Å². The molecule has 16 nitrogen and oxygen atoms in total. The molecule has 0 unspecified atom stereocenters. The summed E-state index contributed by atoms with van der Waals surface area (Å²) < 4.78 is 1.80. The molecule has 0 bridgehead atoms. The Balaban J connectivity index is -0.000000665. The Bertz CT molecular complexity index is 1980. The minimum absolute atomic E-state index is 0.0347. The molecule has 18 heteroatoms. The zero-order chi connectivity index (χ0) is 44.5. The quantitative estimate of drug-likeness (QED) is 0.0550. The number of aromatic nitrogens is 4. The molecule has 0 atom stereocenters. The first-order chi connectivity index (χ1) is 27.3. The van der Waals surface area contributed by atoms with E-state index >= 15 is 0 Å². The first-order valence-corrected chi connectivity index (χ1v) is 20.1. The van der Waals surface area contributed by atoms with Gasteiger partial charge in [0.05, 0.1) is 46.4 Å². The molecular weight excluding hydrogens is 868 g/mol. The number of para-hydroxylation sites is 3. The van der Waals surface area contributed by atoms with E-state index in [1.807, 2.05) is 92.8 Å². The molecule has 5 aromatic rings. The summed E-state index contributed by atoms with van der Waals surface area (Å²) >= 11 is 5.98. The molecule has 0 saturated heterocycles. The Kier molecular flexibility index (Phi) is 34.0. The second-order valence-corrected chi connectivity index (χ2v) is 11.2. The van der Waals surface area contributed by atoms with Crippen molar-refractivity contribution in [1.29, 1.82) is 0 Å². The number of carbonyl (C=O) groups is 2. The van der Waals surface area contributed by atoms with Crippen molar-refractivity contribution in [3.63, 3.8) is 0 Å². The number of nitrogens with one attached hydrogen (secondary N) is 2. The number of hydroxylamine groups is 1. The zero-order valence-corrected chi connectivity index (χ0v) is 38.1. The molecule has 2 heterocycles. The molecule has 6 N–H and O–H groups in total. The highest BCUT2D eigenvalue weighted by molar-refractivity contribution is 9.09. The van der Waals surface area contributed by atoms with Crippen LogP contribution in [0, 0.1) is 0 Å². The molecule has 1 amide bonds.